The van der Waals surface area contributed by atoms with E-state index in [2.05, 4.69) is 0 Å². The van der Waals surface area contributed by atoms with Crippen LogP contribution in [-0.4, -0.2) is 114 Å². The third-order valence-electron chi connectivity index (χ3n) is 8.33. The molecule has 5 atom stereocenters. The van der Waals surface area contributed by atoms with Gasteiger partial charge in [-0.15, -0.1) is 0 Å². The molecule has 11 nitrogen and oxygen atoms in total. The van der Waals surface area contributed by atoms with Crippen molar-refractivity contribution in [2.24, 2.45) is 23.7 Å². The van der Waals surface area contributed by atoms with Gasteiger partial charge >= 0.3 is 5.97 Å². The molecule has 0 aromatic carbocycles. The van der Waals surface area contributed by atoms with Crippen molar-refractivity contribution in [1.29, 1.82) is 0 Å². The molecule has 1 fully saturated rings. The van der Waals surface area contributed by atoms with Crippen molar-refractivity contribution in [3.63, 3.8) is 0 Å². The minimum Gasteiger partial charge on any atom is -0.499 e. The molecule has 4 amide bonds. The van der Waals surface area contributed by atoms with Gasteiger partial charge in [0.1, 0.15) is 23.9 Å². The van der Waals surface area contributed by atoms with E-state index in [4.69, 9.17) is 9.47 Å². The van der Waals surface area contributed by atoms with Gasteiger partial charge in [0.2, 0.25) is 5.91 Å². The van der Waals surface area contributed by atoms with Crippen LogP contribution in [0.25, 0.3) is 0 Å². The van der Waals surface area contributed by atoms with Crippen molar-refractivity contribution in [3.8, 4) is 0 Å². The van der Waals surface area contributed by atoms with Crippen molar-refractivity contribution in [2.45, 2.75) is 105 Å². The summed E-state index contributed by atoms with van der Waals surface area (Å²) in [6, 6.07) is -2.78. The summed E-state index contributed by atoms with van der Waals surface area (Å²) in [4.78, 5) is 73.8. The van der Waals surface area contributed by atoms with Gasteiger partial charge in [0.25, 0.3) is 17.7 Å². The Balaban J connectivity index is 2.32. The Bertz CT molecular complexity index is 1070. The Kier molecular flexibility index (Phi) is 12.8. The number of ether oxygens (including phenoxy) is 2. The number of esters is 1. The number of imide groups is 1. The Morgan fingerprint density at radius 3 is 2.05 bits per heavy atom. The standard InChI is InChI=1S/C32H54N4O7/c1-18(2)16-23(33(9)10)32(41)43-28(21(7)8)31(40)34(11)27(20(5)6)30(39)35-15-13-14-22(35)29(38)36-25(37)17-24(42-12)26(36)19(3)4/h17-23,26-28H,13-16H2,1-12H3/t22-,23+,26-,27+,28+/m1/s1. The molecule has 0 spiro atoms. The Morgan fingerprint density at radius 2 is 1.58 bits per heavy atom. The third kappa shape index (κ3) is 8.16. The molecule has 2 aliphatic rings. The predicted octanol–water partition coefficient (Wildman–Crippen LogP) is 2.93. The second kappa shape index (κ2) is 15.2. The number of carbonyl (C=O) groups excluding carboxylic acids is 5. The fourth-order valence-electron chi connectivity index (χ4n) is 6.09. The topological polar surface area (TPSA) is 117 Å². The van der Waals surface area contributed by atoms with Gasteiger partial charge in [-0.2, -0.15) is 0 Å². The van der Waals surface area contributed by atoms with Crippen molar-refractivity contribution < 1.29 is 33.4 Å². The summed E-state index contributed by atoms with van der Waals surface area (Å²) >= 11 is 0. The van der Waals surface area contributed by atoms with E-state index in [1.807, 2.05) is 41.5 Å². The molecule has 2 heterocycles. The quantitative estimate of drug-likeness (QED) is 0.232. The molecule has 0 unspecified atom stereocenters. The summed E-state index contributed by atoms with van der Waals surface area (Å²) in [7, 11) is 6.63. The van der Waals surface area contributed by atoms with Gasteiger partial charge in [-0.1, -0.05) is 55.4 Å². The molecule has 244 valence electrons. The number of carbonyl (C=O) groups is 5. The van der Waals surface area contributed by atoms with Crippen LogP contribution in [0.4, 0.5) is 0 Å². The van der Waals surface area contributed by atoms with Gasteiger partial charge in [-0.3, -0.25) is 33.8 Å². The van der Waals surface area contributed by atoms with Crippen molar-refractivity contribution in [2.75, 3.05) is 34.8 Å². The zero-order chi connectivity index (χ0) is 32.9. The second-order valence-electron chi connectivity index (χ2n) is 13.5. The van der Waals surface area contributed by atoms with Crippen LogP contribution in [-0.2, 0) is 33.4 Å². The zero-order valence-corrected chi connectivity index (χ0v) is 28.2. The van der Waals surface area contributed by atoms with Crippen LogP contribution in [0.2, 0.25) is 0 Å². The average molecular weight is 607 g/mol. The first kappa shape index (κ1) is 36.2. The molecule has 2 aliphatic heterocycles. The maximum atomic E-state index is 14.1. The minimum absolute atomic E-state index is 0.0809. The van der Waals surface area contributed by atoms with E-state index in [1.165, 1.54) is 27.9 Å². The van der Waals surface area contributed by atoms with E-state index >= 15 is 0 Å². The summed E-state index contributed by atoms with van der Waals surface area (Å²) in [5, 5.41) is 0. The molecule has 0 N–H and O–H groups in total. The van der Waals surface area contributed by atoms with E-state index in [0.29, 0.717) is 31.6 Å². The Labute approximate surface area is 257 Å². The number of methoxy groups -OCH3 is 1. The smallest absolute Gasteiger partial charge is 0.324 e. The van der Waals surface area contributed by atoms with Crippen LogP contribution in [0.15, 0.2) is 11.8 Å². The fourth-order valence-corrected chi connectivity index (χ4v) is 6.09. The molecule has 0 saturated carbocycles. The number of amides is 4. The van der Waals surface area contributed by atoms with Crippen LogP contribution < -0.4 is 0 Å². The van der Waals surface area contributed by atoms with E-state index < -0.39 is 54.0 Å². The highest BCUT2D eigenvalue weighted by atomic mass is 16.6. The highest BCUT2D eigenvalue weighted by Crippen LogP contribution is 2.31. The molecular weight excluding hydrogens is 552 g/mol. The lowest BCUT2D eigenvalue weighted by atomic mass is 9.97. The molecule has 0 aromatic heterocycles. The number of likely N-dealkylation sites (N-methyl/N-ethyl adjacent to an activating group) is 2. The lowest BCUT2D eigenvalue weighted by molar-refractivity contribution is -0.169. The van der Waals surface area contributed by atoms with Gasteiger partial charge < -0.3 is 19.3 Å². The van der Waals surface area contributed by atoms with Crippen molar-refractivity contribution in [3.05, 3.63) is 11.8 Å². The first-order valence-electron chi connectivity index (χ1n) is 15.5. The minimum atomic E-state index is -1.08. The monoisotopic (exact) mass is 606 g/mol. The number of rotatable bonds is 13. The molecular formula is C32H54N4O7. The molecule has 1 saturated heterocycles. The van der Waals surface area contributed by atoms with Crippen LogP contribution >= 0.6 is 0 Å². The maximum absolute atomic E-state index is 14.1. The largest absolute Gasteiger partial charge is 0.499 e. The van der Waals surface area contributed by atoms with E-state index in [-0.39, 0.29) is 29.6 Å². The van der Waals surface area contributed by atoms with Gasteiger partial charge in [0.05, 0.1) is 13.2 Å². The van der Waals surface area contributed by atoms with Crippen LogP contribution in [0, 0.1) is 23.7 Å². The van der Waals surface area contributed by atoms with Crippen LogP contribution in [0.3, 0.4) is 0 Å². The molecule has 0 radical (unpaired) electrons. The van der Waals surface area contributed by atoms with Crippen molar-refractivity contribution >= 4 is 29.6 Å². The van der Waals surface area contributed by atoms with Crippen LogP contribution in [0.1, 0.15) is 74.7 Å². The third-order valence-corrected chi connectivity index (χ3v) is 8.33. The predicted molar refractivity (Wildman–Crippen MR) is 163 cm³/mol. The first-order valence-corrected chi connectivity index (χ1v) is 15.5. The molecule has 43 heavy (non-hydrogen) atoms. The zero-order valence-electron chi connectivity index (χ0n) is 28.2. The average Bonchev–Trinajstić information content (AvgIpc) is 3.53. The number of hydrogen-bond acceptors (Lipinski definition) is 8. The summed E-state index contributed by atoms with van der Waals surface area (Å²) in [6.45, 7) is 15.5. The molecule has 0 bridgehead atoms. The van der Waals surface area contributed by atoms with E-state index in [1.54, 1.807) is 39.9 Å². The Morgan fingerprint density at radius 1 is 0.977 bits per heavy atom. The van der Waals surface area contributed by atoms with Gasteiger partial charge in [-0.05, 0) is 57.0 Å². The number of nitrogens with zero attached hydrogens (tertiary/aromatic N) is 4. The molecule has 0 aromatic rings. The van der Waals surface area contributed by atoms with Gasteiger partial charge in [0, 0.05) is 19.7 Å². The molecule has 2 rings (SSSR count). The van der Waals surface area contributed by atoms with Gasteiger partial charge in [-0.25, -0.2) is 0 Å². The summed E-state index contributed by atoms with van der Waals surface area (Å²) < 4.78 is 11.2. The highest BCUT2D eigenvalue weighted by Gasteiger charge is 2.48. The summed E-state index contributed by atoms with van der Waals surface area (Å²) in [5.41, 5.74) is 0. The van der Waals surface area contributed by atoms with E-state index in [9.17, 15) is 24.0 Å². The summed E-state index contributed by atoms with van der Waals surface area (Å²) in [6.07, 6.45) is 1.85. The van der Waals surface area contributed by atoms with Crippen LogP contribution in [0.5, 0.6) is 0 Å². The summed E-state index contributed by atoms with van der Waals surface area (Å²) in [5.74, 6) is -2.24. The van der Waals surface area contributed by atoms with E-state index in [0.717, 1.165) is 0 Å². The lowest BCUT2D eigenvalue weighted by Crippen LogP contribution is -2.59. The first-order chi connectivity index (χ1) is 20.0. The number of hydrogen-bond donors (Lipinski definition) is 0. The lowest BCUT2D eigenvalue weighted by Gasteiger charge is -2.38. The highest BCUT2D eigenvalue weighted by molar-refractivity contribution is 6.07. The van der Waals surface area contributed by atoms with Crippen molar-refractivity contribution in [1.82, 2.24) is 19.6 Å². The van der Waals surface area contributed by atoms with Gasteiger partial charge in [0.15, 0.2) is 6.10 Å². The SMILES string of the molecule is COC1=CC(=O)N(C(=O)[C@H]2CCCN2C(=O)[C@H](C(C)C)N(C)C(=O)[C@@H](OC(=O)[C@H](CC(C)C)N(C)C)C(C)C)[C@@H]1C(C)C. The normalized spacial score (nSPS) is 21.1. The Hall–Kier alpha value is -2.95. The molecule has 11 heteroatoms. The maximum Gasteiger partial charge on any atom is 0.324 e. The fraction of sp³-hybridized carbons (Fsp3) is 0.781. The molecule has 0 aliphatic carbocycles. The second-order valence-corrected chi connectivity index (χ2v) is 13.5. The number of likely N-dealkylation sites (tertiary alicyclic amines) is 1.